The quantitative estimate of drug-likeness (QED) is 0.882. The lowest BCUT2D eigenvalue weighted by Crippen LogP contribution is -2.36. The summed E-state index contributed by atoms with van der Waals surface area (Å²) in [4.78, 5) is 3.90. The number of aromatic nitrogens is 3. The molecule has 1 heterocycles. The molecule has 0 bridgehead atoms. The monoisotopic (exact) mass is 329 g/mol. The van der Waals surface area contributed by atoms with Crippen molar-refractivity contribution in [3.63, 3.8) is 0 Å². The highest BCUT2D eigenvalue weighted by Gasteiger charge is 2.38. The van der Waals surface area contributed by atoms with Gasteiger partial charge in [0.05, 0.1) is 0 Å². The summed E-state index contributed by atoms with van der Waals surface area (Å²) in [6, 6.07) is 4.95. The molecule has 2 rings (SSSR count). The number of nitrogens with zero attached hydrogens (tertiary/aromatic N) is 3. The molecule has 0 saturated carbocycles. The summed E-state index contributed by atoms with van der Waals surface area (Å²) >= 11 is 12.1. The number of aliphatic hydroxyl groups is 1. The molecule has 2 unspecified atom stereocenters. The molecule has 0 aliphatic carbocycles. The lowest BCUT2D eigenvalue weighted by Gasteiger charge is -2.33. The molecule has 1 N–H and O–H groups in total. The highest BCUT2D eigenvalue weighted by molar-refractivity contribution is 6.35. The van der Waals surface area contributed by atoms with Crippen LogP contribution in [-0.4, -0.2) is 26.5 Å². The Labute approximate surface area is 133 Å². The van der Waals surface area contributed by atoms with E-state index in [0.717, 1.165) is 6.42 Å². The first kappa shape index (κ1) is 16.2. The Hall–Kier alpha value is -1.14. The molecular weight excluding hydrogens is 313 g/mol. The fraction of sp³-hybridized carbons (Fsp3) is 0.429. The molecule has 114 valence electrons. The third kappa shape index (κ3) is 3.55. The third-order valence-corrected chi connectivity index (χ3v) is 3.66. The van der Waals surface area contributed by atoms with E-state index in [9.17, 15) is 5.11 Å². The van der Waals surface area contributed by atoms with Gasteiger partial charge >= 0.3 is 0 Å². The molecule has 7 heteroatoms. The van der Waals surface area contributed by atoms with E-state index in [2.05, 4.69) is 10.1 Å². The Morgan fingerprint density at radius 2 is 2.19 bits per heavy atom. The number of benzene rings is 1. The standard InChI is InChI=1S/C14H17Cl2N3O2/c1-3-6-21-13(19-9-17-8-18-19)14(2,20)11-5-4-10(15)7-12(11)16/h4-5,7-9,13,20H,3,6H2,1-2H3. The van der Waals surface area contributed by atoms with Gasteiger partial charge in [-0.05, 0) is 25.5 Å². The average Bonchev–Trinajstić information content (AvgIpc) is 2.92. The summed E-state index contributed by atoms with van der Waals surface area (Å²) in [5.74, 6) is 0. The van der Waals surface area contributed by atoms with Crippen LogP contribution in [0.3, 0.4) is 0 Å². The molecule has 0 aliphatic rings. The van der Waals surface area contributed by atoms with E-state index >= 15 is 0 Å². The number of halogens is 2. The molecule has 1 aromatic carbocycles. The zero-order chi connectivity index (χ0) is 15.5. The lowest BCUT2D eigenvalue weighted by atomic mass is 9.94. The van der Waals surface area contributed by atoms with Crippen LogP contribution in [0.15, 0.2) is 30.9 Å². The molecule has 21 heavy (non-hydrogen) atoms. The Bertz CT molecular complexity index is 588. The van der Waals surface area contributed by atoms with Crippen LogP contribution in [0.25, 0.3) is 0 Å². The molecule has 5 nitrogen and oxygen atoms in total. The van der Waals surface area contributed by atoms with Gasteiger partial charge in [-0.25, -0.2) is 9.67 Å². The number of rotatable bonds is 6. The van der Waals surface area contributed by atoms with Crippen molar-refractivity contribution in [2.45, 2.75) is 32.1 Å². The van der Waals surface area contributed by atoms with E-state index in [-0.39, 0.29) is 0 Å². The minimum atomic E-state index is -1.38. The molecule has 1 aromatic heterocycles. The van der Waals surface area contributed by atoms with E-state index < -0.39 is 11.8 Å². The Morgan fingerprint density at radius 3 is 2.76 bits per heavy atom. The zero-order valence-electron chi connectivity index (χ0n) is 11.8. The van der Waals surface area contributed by atoms with Crippen LogP contribution >= 0.6 is 23.2 Å². The van der Waals surface area contributed by atoms with Crippen molar-refractivity contribution < 1.29 is 9.84 Å². The second-order valence-electron chi connectivity index (χ2n) is 4.87. The summed E-state index contributed by atoms with van der Waals surface area (Å²) in [6.45, 7) is 4.10. The summed E-state index contributed by atoms with van der Waals surface area (Å²) in [7, 11) is 0. The normalized spacial score (nSPS) is 15.7. The molecule has 2 atom stereocenters. The predicted octanol–water partition coefficient (Wildman–Crippen LogP) is 3.42. The summed E-state index contributed by atoms with van der Waals surface area (Å²) in [5.41, 5.74) is -0.866. The van der Waals surface area contributed by atoms with Gasteiger partial charge in [0.1, 0.15) is 18.3 Å². The van der Waals surface area contributed by atoms with Crippen LogP contribution in [0.2, 0.25) is 10.0 Å². The number of hydrogen-bond acceptors (Lipinski definition) is 4. The van der Waals surface area contributed by atoms with E-state index in [1.807, 2.05) is 6.92 Å². The first-order valence-corrected chi connectivity index (χ1v) is 7.36. The average molecular weight is 330 g/mol. The number of ether oxygens (including phenoxy) is 1. The highest BCUT2D eigenvalue weighted by atomic mass is 35.5. The molecule has 0 fully saturated rings. The Morgan fingerprint density at radius 1 is 1.43 bits per heavy atom. The molecule has 0 radical (unpaired) electrons. The van der Waals surface area contributed by atoms with Gasteiger partial charge in [0.15, 0.2) is 6.23 Å². The molecule has 0 spiro atoms. The van der Waals surface area contributed by atoms with Gasteiger partial charge in [-0.15, -0.1) is 0 Å². The summed E-state index contributed by atoms with van der Waals surface area (Å²) in [5, 5.41) is 15.9. The first-order valence-electron chi connectivity index (χ1n) is 6.60. The fourth-order valence-electron chi connectivity index (χ4n) is 2.10. The van der Waals surface area contributed by atoms with Crippen molar-refractivity contribution in [1.82, 2.24) is 14.8 Å². The predicted molar refractivity (Wildman–Crippen MR) is 81.3 cm³/mol. The van der Waals surface area contributed by atoms with Gasteiger partial charge in [-0.3, -0.25) is 0 Å². The van der Waals surface area contributed by atoms with Crippen molar-refractivity contribution in [3.05, 3.63) is 46.5 Å². The topological polar surface area (TPSA) is 60.2 Å². The van der Waals surface area contributed by atoms with E-state index in [4.69, 9.17) is 27.9 Å². The van der Waals surface area contributed by atoms with Gasteiger partial charge in [-0.2, -0.15) is 5.10 Å². The minimum Gasteiger partial charge on any atom is -0.381 e. The third-order valence-electron chi connectivity index (χ3n) is 3.11. The van der Waals surface area contributed by atoms with Crippen molar-refractivity contribution in [2.75, 3.05) is 6.61 Å². The zero-order valence-corrected chi connectivity index (χ0v) is 13.3. The van der Waals surface area contributed by atoms with Crippen molar-refractivity contribution in [1.29, 1.82) is 0 Å². The highest BCUT2D eigenvalue weighted by Crippen LogP contribution is 2.38. The Balaban J connectivity index is 2.41. The maximum absolute atomic E-state index is 11.0. The molecule has 0 saturated heterocycles. The second kappa shape index (κ2) is 6.75. The first-order chi connectivity index (χ1) is 9.96. The summed E-state index contributed by atoms with van der Waals surface area (Å²) in [6.07, 6.45) is 2.97. The van der Waals surface area contributed by atoms with Crippen LogP contribution in [0.1, 0.15) is 32.1 Å². The maximum Gasteiger partial charge on any atom is 0.184 e. The largest absolute Gasteiger partial charge is 0.381 e. The molecule has 0 amide bonds. The van der Waals surface area contributed by atoms with Crippen molar-refractivity contribution in [3.8, 4) is 0 Å². The fourth-order valence-corrected chi connectivity index (χ4v) is 2.70. The van der Waals surface area contributed by atoms with Crippen molar-refractivity contribution in [2.24, 2.45) is 0 Å². The minimum absolute atomic E-state index is 0.373. The van der Waals surface area contributed by atoms with E-state index in [1.165, 1.54) is 17.3 Å². The molecule has 0 aliphatic heterocycles. The van der Waals surface area contributed by atoms with Gasteiger partial charge in [0, 0.05) is 22.2 Å². The van der Waals surface area contributed by atoms with Crippen LogP contribution in [0, 0.1) is 0 Å². The van der Waals surface area contributed by atoms with E-state index in [1.54, 1.807) is 25.1 Å². The second-order valence-corrected chi connectivity index (χ2v) is 5.71. The van der Waals surface area contributed by atoms with Gasteiger partial charge in [0.2, 0.25) is 0 Å². The Kier molecular flexibility index (Phi) is 5.22. The number of hydrogen-bond donors (Lipinski definition) is 1. The lowest BCUT2D eigenvalue weighted by molar-refractivity contribution is -0.149. The summed E-state index contributed by atoms with van der Waals surface area (Å²) < 4.78 is 7.23. The SMILES string of the molecule is CCCOC(n1cncn1)C(C)(O)c1ccc(Cl)cc1Cl. The van der Waals surface area contributed by atoms with Gasteiger partial charge < -0.3 is 9.84 Å². The van der Waals surface area contributed by atoms with Crippen LogP contribution in [-0.2, 0) is 10.3 Å². The van der Waals surface area contributed by atoms with Crippen LogP contribution in [0.4, 0.5) is 0 Å². The van der Waals surface area contributed by atoms with Crippen LogP contribution < -0.4 is 0 Å². The maximum atomic E-state index is 11.0. The van der Waals surface area contributed by atoms with Gasteiger partial charge in [0.25, 0.3) is 0 Å². The van der Waals surface area contributed by atoms with Gasteiger partial charge in [-0.1, -0.05) is 36.2 Å². The smallest absolute Gasteiger partial charge is 0.184 e. The van der Waals surface area contributed by atoms with Crippen molar-refractivity contribution >= 4 is 23.2 Å². The van der Waals surface area contributed by atoms with E-state index in [0.29, 0.717) is 22.2 Å². The van der Waals surface area contributed by atoms with Crippen LogP contribution in [0.5, 0.6) is 0 Å². The molecule has 2 aromatic rings. The molecular formula is C14H17Cl2N3O2.